The average Bonchev–Trinajstić information content (AvgIpc) is 2.62. The molecule has 1 aromatic heterocycles. The predicted octanol–water partition coefficient (Wildman–Crippen LogP) is 3.57. The molecular weight excluding hydrogens is 318 g/mol. The SMILES string of the molecule is CCCCOc1ccc(CCNc2ncnc(CC)c2C(=O)O)cc1. The van der Waals surface area contributed by atoms with Crippen LogP contribution in [0.1, 0.15) is 48.3 Å². The summed E-state index contributed by atoms with van der Waals surface area (Å²) < 4.78 is 5.64. The van der Waals surface area contributed by atoms with Gasteiger partial charge >= 0.3 is 5.97 Å². The molecule has 2 rings (SSSR count). The highest BCUT2D eigenvalue weighted by molar-refractivity contribution is 5.94. The fourth-order valence-corrected chi connectivity index (χ4v) is 2.46. The number of hydrogen-bond acceptors (Lipinski definition) is 5. The van der Waals surface area contributed by atoms with Gasteiger partial charge in [0.25, 0.3) is 0 Å². The fourth-order valence-electron chi connectivity index (χ4n) is 2.46. The maximum atomic E-state index is 11.4. The van der Waals surface area contributed by atoms with Crippen molar-refractivity contribution in [1.82, 2.24) is 9.97 Å². The number of carboxylic acid groups (broad SMARTS) is 1. The Morgan fingerprint density at radius 2 is 1.96 bits per heavy atom. The second kappa shape index (κ2) is 9.61. The van der Waals surface area contributed by atoms with Crippen LogP contribution in [-0.4, -0.2) is 34.2 Å². The molecule has 0 bridgehead atoms. The minimum atomic E-state index is -1.01. The first kappa shape index (κ1) is 18.7. The molecular formula is C19H25N3O3. The highest BCUT2D eigenvalue weighted by Crippen LogP contribution is 2.17. The molecule has 6 heteroatoms. The Kier molecular flexibility index (Phi) is 7.19. The van der Waals surface area contributed by atoms with Crippen LogP contribution < -0.4 is 10.1 Å². The Balaban J connectivity index is 1.91. The van der Waals surface area contributed by atoms with E-state index in [1.54, 1.807) is 0 Å². The highest BCUT2D eigenvalue weighted by atomic mass is 16.5. The summed E-state index contributed by atoms with van der Waals surface area (Å²) in [4.78, 5) is 19.6. The molecule has 0 fully saturated rings. The Labute approximate surface area is 148 Å². The fraction of sp³-hybridized carbons (Fsp3) is 0.421. The van der Waals surface area contributed by atoms with Crippen molar-refractivity contribution in [2.45, 2.75) is 39.5 Å². The number of aryl methyl sites for hydroxylation is 1. The van der Waals surface area contributed by atoms with E-state index in [0.717, 1.165) is 37.2 Å². The van der Waals surface area contributed by atoms with Crippen LogP contribution >= 0.6 is 0 Å². The van der Waals surface area contributed by atoms with Gasteiger partial charge < -0.3 is 15.2 Å². The lowest BCUT2D eigenvalue weighted by Crippen LogP contribution is -2.14. The summed E-state index contributed by atoms with van der Waals surface area (Å²) in [7, 11) is 0. The zero-order chi connectivity index (χ0) is 18.1. The number of aromatic carboxylic acids is 1. The Morgan fingerprint density at radius 3 is 2.60 bits per heavy atom. The summed E-state index contributed by atoms with van der Waals surface area (Å²) in [6, 6.07) is 7.98. The quantitative estimate of drug-likeness (QED) is 0.642. The molecule has 1 aromatic carbocycles. The number of hydrogen-bond donors (Lipinski definition) is 2. The molecule has 2 aromatic rings. The van der Waals surface area contributed by atoms with Gasteiger partial charge in [-0.3, -0.25) is 0 Å². The van der Waals surface area contributed by atoms with Crippen molar-refractivity contribution in [3.8, 4) is 5.75 Å². The monoisotopic (exact) mass is 343 g/mol. The first-order valence-electron chi connectivity index (χ1n) is 8.68. The summed E-state index contributed by atoms with van der Waals surface area (Å²) in [5.41, 5.74) is 1.85. The molecule has 0 amide bonds. The van der Waals surface area contributed by atoms with E-state index in [1.807, 2.05) is 31.2 Å². The Morgan fingerprint density at radius 1 is 1.20 bits per heavy atom. The summed E-state index contributed by atoms with van der Waals surface area (Å²) in [6.45, 7) is 5.35. The molecule has 0 atom stereocenters. The van der Waals surface area contributed by atoms with Gasteiger partial charge in [0.05, 0.1) is 12.3 Å². The molecule has 6 nitrogen and oxygen atoms in total. The number of carboxylic acids is 1. The molecule has 0 aliphatic carbocycles. The molecule has 0 aliphatic heterocycles. The zero-order valence-corrected chi connectivity index (χ0v) is 14.8. The lowest BCUT2D eigenvalue weighted by atomic mass is 10.1. The molecule has 0 radical (unpaired) electrons. The molecule has 0 spiro atoms. The first-order chi connectivity index (χ1) is 12.2. The van der Waals surface area contributed by atoms with Gasteiger partial charge in [-0.05, 0) is 37.0 Å². The lowest BCUT2D eigenvalue weighted by Gasteiger charge is -2.11. The van der Waals surface area contributed by atoms with Crippen LogP contribution in [0.25, 0.3) is 0 Å². The summed E-state index contributed by atoms with van der Waals surface area (Å²) in [6.07, 6.45) is 4.88. The number of anilines is 1. The second-order valence-electron chi connectivity index (χ2n) is 5.73. The normalized spacial score (nSPS) is 10.5. The van der Waals surface area contributed by atoms with Gasteiger partial charge in [0, 0.05) is 6.54 Å². The van der Waals surface area contributed by atoms with Gasteiger partial charge in [0.1, 0.15) is 23.5 Å². The predicted molar refractivity (Wildman–Crippen MR) is 97.4 cm³/mol. The van der Waals surface area contributed by atoms with E-state index in [4.69, 9.17) is 4.74 Å². The number of rotatable bonds is 10. The molecule has 25 heavy (non-hydrogen) atoms. The smallest absolute Gasteiger partial charge is 0.341 e. The van der Waals surface area contributed by atoms with E-state index in [2.05, 4.69) is 22.2 Å². The van der Waals surface area contributed by atoms with Crippen molar-refractivity contribution in [3.05, 3.63) is 47.4 Å². The lowest BCUT2D eigenvalue weighted by molar-refractivity contribution is 0.0696. The number of unbranched alkanes of at least 4 members (excludes halogenated alkanes) is 1. The minimum Gasteiger partial charge on any atom is -0.494 e. The zero-order valence-electron chi connectivity index (χ0n) is 14.8. The number of carbonyl (C=O) groups is 1. The minimum absolute atomic E-state index is 0.157. The Bertz CT molecular complexity index is 687. The van der Waals surface area contributed by atoms with Crippen molar-refractivity contribution in [2.75, 3.05) is 18.5 Å². The summed E-state index contributed by atoms with van der Waals surface area (Å²) in [5, 5.41) is 12.5. The summed E-state index contributed by atoms with van der Waals surface area (Å²) >= 11 is 0. The molecule has 0 saturated heterocycles. The van der Waals surface area contributed by atoms with Crippen LogP contribution in [0, 0.1) is 0 Å². The van der Waals surface area contributed by atoms with Gasteiger partial charge in [-0.2, -0.15) is 0 Å². The maximum Gasteiger partial charge on any atom is 0.341 e. The van der Waals surface area contributed by atoms with Crippen LogP contribution in [0.15, 0.2) is 30.6 Å². The van der Waals surface area contributed by atoms with E-state index < -0.39 is 5.97 Å². The second-order valence-corrected chi connectivity index (χ2v) is 5.73. The molecule has 0 saturated carbocycles. The topological polar surface area (TPSA) is 84.3 Å². The third-order valence-corrected chi connectivity index (χ3v) is 3.87. The van der Waals surface area contributed by atoms with Crippen LogP contribution in [0.4, 0.5) is 5.82 Å². The van der Waals surface area contributed by atoms with Crippen molar-refractivity contribution in [3.63, 3.8) is 0 Å². The highest BCUT2D eigenvalue weighted by Gasteiger charge is 2.16. The average molecular weight is 343 g/mol. The number of benzene rings is 1. The van der Waals surface area contributed by atoms with E-state index in [-0.39, 0.29) is 5.56 Å². The van der Waals surface area contributed by atoms with Crippen LogP contribution in [0.3, 0.4) is 0 Å². The van der Waals surface area contributed by atoms with Crippen molar-refractivity contribution < 1.29 is 14.6 Å². The van der Waals surface area contributed by atoms with E-state index in [9.17, 15) is 9.90 Å². The number of ether oxygens (including phenoxy) is 1. The van der Waals surface area contributed by atoms with Crippen LogP contribution in [0.5, 0.6) is 5.75 Å². The first-order valence-corrected chi connectivity index (χ1v) is 8.68. The van der Waals surface area contributed by atoms with Gasteiger partial charge in [0.2, 0.25) is 0 Å². The number of nitrogens with one attached hydrogen (secondary N) is 1. The van der Waals surface area contributed by atoms with Crippen LogP contribution in [0.2, 0.25) is 0 Å². The standard InChI is InChI=1S/C19H25N3O3/c1-3-5-12-25-15-8-6-14(7-9-15)10-11-20-18-17(19(23)24)16(4-2)21-13-22-18/h6-9,13H,3-5,10-12H2,1-2H3,(H,23,24)(H,20,21,22). The molecule has 1 heterocycles. The third-order valence-electron chi connectivity index (χ3n) is 3.87. The maximum absolute atomic E-state index is 11.4. The van der Waals surface area contributed by atoms with Crippen molar-refractivity contribution >= 4 is 11.8 Å². The number of nitrogens with zero attached hydrogens (tertiary/aromatic N) is 2. The van der Waals surface area contributed by atoms with Crippen molar-refractivity contribution in [1.29, 1.82) is 0 Å². The van der Waals surface area contributed by atoms with E-state index in [0.29, 0.717) is 24.5 Å². The van der Waals surface area contributed by atoms with Crippen LogP contribution in [-0.2, 0) is 12.8 Å². The van der Waals surface area contributed by atoms with Gasteiger partial charge in [-0.25, -0.2) is 14.8 Å². The third kappa shape index (κ3) is 5.45. The number of aromatic nitrogens is 2. The van der Waals surface area contributed by atoms with Gasteiger partial charge in [-0.15, -0.1) is 0 Å². The molecule has 134 valence electrons. The molecule has 0 unspecified atom stereocenters. The largest absolute Gasteiger partial charge is 0.494 e. The van der Waals surface area contributed by atoms with E-state index in [1.165, 1.54) is 6.33 Å². The van der Waals surface area contributed by atoms with Gasteiger partial charge in [0.15, 0.2) is 0 Å². The summed E-state index contributed by atoms with van der Waals surface area (Å²) in [5.74, 6) is 0.245. The van der Waals surface area contributed by atoms with Gasteiger partial charge in [-0.1, -0.05) is 32.4 Å². The molecule has 2 N–H and O–H groups in total. The molecule has 0 aliphatic rings. The van der Waals surface area contributed by atoms with E-state index >= 15 is 0 Å². The van der Waals surface area contributed by atoms with Crippen molar-refractivity contribution in [2.24, 2.45) is 0 Å². The Hall–Kier alpha value is -2.63.